The van der Waals surface area contributed by atoms with Crippen molar-refractivity contribution in [2.24, 2.45) is 0 Å². The Balaban J connectivity index is 1.39. The van der Waals surface area contributed by atoms with Crippen LogP contribution in [0.5, 0.6) is 0 Å². The van der Waals surface area contributed by atoms with Gasteiger partial charge in [-0.25, -0.2) is 4.98 Å². The molecule has 2 heterocycles. The van der Waals surface area contributed by atoms with Crippen molar-refractivity contribution in [1.29, 1.82) is 0 Å². The van der Waals surface area contributed by atoms with Gasteiger partial charge >= 0.3 is 0 Å². The fraction of sp³-hybridized carbons (Fsp3) is 0.440. The summed E-state index contributed by atoms with van der Waals surface area (Å²) in [5.41, 5.74) is 2.83. The van der Waals surface area contributed by atoms with Crippen LogP contribution in [0.2, 0.25) is 0 Å². The predicted octanol–water partition coefficient (Wildman–Crippen LogP) is 5.15. The number of anilines is 2. The van der Waals surface area contributed by atoms with E-state index in [4.69, 9.17) is 0 Å². The number of unbranched alkanes of at least 4 members (excludes halogenated alkanes) is 3. The van der Waals surface area contributed by atoms with E-state index in [1.165, 1.54) is 0 Å². The van der Waals surface area contributed by atoms with Crippen LogP contribution in [0.4, 0.5) is 11.5 Å². The summed E-state index contributed by atoms with van der Waals surface area (Å²) in [5.74, 6) is 1.08. The SMILES string of the molecule is CC(C)Nc1cccnc1N(C)CCCCCCN(C)C(=O)c1c[nH]c2ccccc12. The standard InChI is InChI=1S/C25H35N5O/c1-19(2)28-23-14-11-15-26-24(23)29(3)16-9-5-6-10-17-30(4)25(31)21-18-27-22-13-8-7-12-20(21)22/h7-8,11-15,18-19,27-28H,5-6,9-10,16-17H2,1-4H3. The molecule has 0 radical (unpaired) electrons. The molecular formula is C25H35N5O. The monoisotopic (exact) mass is 421 g/mol. The molecule has 0 saturated heterocycles. The third kappa shape index (κ3) is 6.00. The number of rotatable bonds is 11. The molecule has 6 nitrogen and oxygen atoms in total. The van der Waals surface area contributed by atoms with Crippen LogP contribution in [-0.4, -0.2) is 54.0 Å². The topological polar surface area (TPSA) is 64.3 Å². The first kappa shape index (κ1) is 22.7. The number of carbonyl (C=O) groups is 1. The van der Waals surface area contributed by atoms with E-state index in [0.717, 1.165) is 66.7 Å². The minimum atomic E-state index is 0.0810. The van der Waals surface area contributed by atoms with Crippen LogP contribution in [0, 0.1) is 0 Å². The highest BCUT2D eigenvalue weighted by Gasteiger charge is 2.15. The molecule has 1 aromatic carbocycles. The summed E-state index contributed by atoms with van der Waals surface area (Å²) in [7, 11) is 3.99. The lowest BCUT2D eigenvalue weighted by atomic mass is 10.1. The molecule has 0 aliphatic rings. The van der Waals surface area contributed by atoms with E-state index in [1.807, 2.05) is 54.7 Å². The minimum Gasteiger partial charge on any atom is -0.380 e. The predicted molar refractivity (Wildman–Crippen MR) is 130 cm³/mol. The summed E-state index contributed by atoms with van der Waals surface area (Å²) < 4.78 is 0. The number of para-hydroxylation sites is 1. The van der Waals surface area contributed by atoms with Gasteiger partial charge in [0.2, 0.25) is 0 Å². The normalized spacial score (nSPS) is 11.1. The van der Waals surface area contributed by atoms with Gasteiger partial charge in [0.05, 0.1) is 11.3 Å². The smallest absolute Gasteiger partial charge is 0.255 e. The maximum Gasteiger partial charge on any atom is 0.255 e. The van der Waals surface area contributed by atoms with E-state index in [1.54, 1.807) is 0 Å². The van der Waals surface area contributed by atoms with Crippen LogP contribution >= 0.6 is 0 Å². The van der Waals surface area contributed by atoms with E-state index >= 15 is 0 Å². The van der Waals surface area contributed by atoms with Crippen molar-refractivity contribution in [2.75, 3.05) is 37.4 Å². The van der Waals surface area contributed by atoms with Crippen molar-refractivity contribution in [1.82, 2.24) is 14.9 Å². The number of aromatic amines is 1. The largest absolute Gasteiger partial charge is 0.380 e. The molecule has 0 aliphatic carbocycles. The first-order valence-electron chi connectivity index (χ1n) is 11.2. The highest BCUT2D eigenvalue weighted by molar-refractivity contribution is 6.06. The number of nitrogens with zero attached hydrogens (tertiary/aromatic N) is 3. The lowest BCUT2D eigenvalue weighted by molar-refractivity contribution is 0.0794. The number of H-pyrrole nitrogens is 1. The Morgan fingerprint density at radius 1 is 1.03 bits per heavy atom. The summed E-state index contributed by atoms with van der Waals surface area (Å²) in [6, 6.07) is 12.4. The van der Waals surface area contributed by atoms with Crippen LogP contribution in [0.3, 0.4) is 0 Å². The van der Waals surface area contributed by atoms with Crippen LogP contribution < -0.4 is 10.2 Å². The van der Waals surface area contributed by atoms with Crippen molar-refractivity contribution in [2.45, 2.75) is 45.6 Å². The summed E-state index contributed by atoms with van der Waals surface area (Å²) in [5, 5.41) is 4.46. The zero-order valence-corrected chi connectivity index (χ0v) is 19.2. The second-order valence-corrected chi connectivity index (χ2v) is 8.48. The lowest BCUT2D eigenvalue weighted by Crippen LogP contribution is -2.27. The van der Waals surface area contributed by atoms with Gasteiger partial charge in [0.25, 0.3) is 5.91 Å². The average Bonchev–Trinajstić information content (AvgIpc) is 3.19. The molecule has 3 rings (SSSR count). The van der Waals surface area contributed by atoms with Crippen molar-refractivity contribution in [3.8, 4) is 0 Å². The third-order valence-corrected chi connectivity index (χ3v) is 5.50. The van der Waals surface area contributed by atoms with Gasteiger partial charge in [0, 0.05) is 56.5 Å². The van der Waals surface area contributed by atoms with Crippen molar-refractivity contribution in [3.63, 3.8) is 0 Å². The molecule has 0 aliphatic heterocycles. The van der Waals surface area contributed by atoms with Crippen LogP contribution in [0.15, 0.2) is 48.8 Å². The molecule has 31 heavy (non-hydrogen) atoms. The molecule has 1 amide bonds. The fourth-order valence-electron chi connectivity index (χ4n) is 3.84. The summed E-state index contributed by atoms with van der Waals surface area (Å²) in [6.45, 7) is 6.01. The Morgan fingerprint density at radius 2 is 1.77 bits per heavy atom. The van der Waals surface area contributed by atoms with Crippen LogP contribution in [-0.2, 0) is 0 Å². The highest BCUT2D eigenvalue weighted by Crippen LogP contribution is 2.23. The van der Waals surface area contributed by atoms with Gasteiger partial charge in [0.15, 0.2) is 5.82 Å². The third-order valence-electron chi connectivity index (χ3n) is 5.50. The van der Waals surface area contributed by atoms with Crippen molar-refractivity contribution < 1.29 is 4.79 Å². The molecule has 2 N–H and O–H groups in total. The molecule has 2 aromatic heterocycles. The van der Waals surface area contributed by atoms with Gasteiger partial charge in [-0.3, -0.25) is 4.79 Å². The minimum absolute atomic E-state index is 0.0810. The van der Waals surface area contributed by atoms with Crippen LogP contribution in [0.25, 0.3) is 10.9 Å². The van der Waals surface area contributed by atoms with Gasteiger partial charge < -0.3 is 20.1 Å². The van der Waals surface area contributed by atoms with Crippen molar-refractivity contribution in [3.05, 3.63) is 54.4 Å². The Morgan fingerprint density at radius 3 is 2.55 bits per heavy atom. The zero-order valence-electron chi connectivity index (χ0n) is 19.2. The first-order chi connectivity index (χ1) is 15.0. The molecule has 6 heteroatoms. The Bertz CT molecular complexity index is 981. The van der Waals surface area contributed by atoms with Gasteiger partial charge in [-0.1, -0.05) is 31.0 Å². The van der Waals surface area contributed by atoms with Gasteiger partial charge in [0.1, 0.15) is 0 Å². The number of amides is 1. The molecule has 0 fully saturated rings. The number of hydrogen-bond donors (Lipinski definition) is 2. The van der Waals surface area contributed by atoms with Crippen molar-refractivity contribution >= 4 is 28.3 Å². The molecule has 0 spiro atoms. The highest BCUT2D eigenvalue weighted by atomic mass is 16.2. The lowest BCUT2D eigenvalue weighted by Gasteiger charge is -2.22. The first-order valence-corrected chi connectivity index (χ1v) is 11.2. The number of fused-ring (bicyclic) bond motifs is 1. The summed E-state index contributed by atoms with van der Waals surface area (Å²) >= 11 is 0. The number of pyridine rings is 1. The Kier molecular flexibility index (Phi) is 7.93. The quantitative estimate of drug-likeness (QED) is 0.420. The Hall–Kier alpha value is -3.02. The molecule has 3 aromatic rings. The van der Waals surface area contributed by atoms with E-state index < -0.39 is 0 Å². The van der Waals surface area contributed by atoms with E-state index in [9.17, 15) is 4.79 Å². The molecule has 0 bridgehead atoms. The number of hydrogen-bond acceptors (Lipinski definition) is 4. The van der Waals surface area contributed by atoms with Crippen LogP contribution in [0.1, 0.15) is 49.9 Å². The number of benzene rings is 1. The molecule has 0 unspecified atom stereocenters. The molecule has 0 atom stereocenters. The number of carbonyl (C=O) groups excluding carboxylic acids is 1. The van der Waals surface area contributed by atoms with Gasteiger partial charge in [-0.2, -0.15) is 0 Å². The van der Waals surface area contributed by atoms with Gasteiger partial charge in [-0.15, -0.1) is 0 Å². The second kappa shape index (κ2) is 10.8. The molecule has 0 saturated carbocycles. The van der Waals surface area contributed by atoms with E-state index in [2.05, 4.69) is 47.1 Å². The summed E-state index contributed by atoms with van der Waals surface area (Å²) in [4.78, 5) is 24.6. The Labute approximate surface area is 185 Å². The summed E-state index contributed by atoms with van der Waals surface area (Å²) in [6.07, 6.45) is 8.03. The van der Waals surface area contributed by atoms with Gasteiger partial charge in [-0.05, 0) is 44.9 Å². The fourth-order valence-corrected chi connectivity index (χ4v) is 3.84. The van der Waals surface area contributed by atoms with E-state index in [0.29, 0.717) is 6.04 Å². The maximum atomic E-state index is 12.8. The second-order valence-electron chi connectivity index (χ2n) is 8.48. The van der Waals surface area contributed by atoms with E-state index in [-0.39, 0.29) is 5.91 Å². The average molecular weight is 422 g/mol. The maximum absolute atomic E-state index is 12.8. The number of aromatic nitrogens is 2. The zero-order chi connectivity index (χ0) is 22.2. The molecule has 166 valence electrons. The number of nitrogens with one attached hydrogen (secondary N) is 2. The molecular weight excluding hydrogens is 386 g/mol.